The number of halogens is 1. The highest BCUT2D eigenvalue weighted by molar-refractivity contribution is 7.87. The second-order valence-electron chi connectivity index (χ2n) is 2.13. The minimum atomic E-state index is -4.66. The fourth-order valence-corrected chi connectivity index (χ4v) is 1.02. The highest BCUT2D eigenvalue weighted by Crippen LogP contribution is 1.90. The molecule has 0 fully saturated rings. The maximum atomic E-state index is 12.3. The number of rotatable bonds is 2. The van der Waals surface area contributed by atoms with Crippen molar-refractivity contribution in [3.63, 3.8) is 0 Å². The van der Waals surface area contributed by atoms with Crippen molar-refractivity contribution in [3.8, 4) is 0 Å². The van der Waals surface area contributed by atoms with Gasteiger partial charge in [-0.15, -0.1) is 0 Å². The molecule has 0 aliphatic rings. The lowest BCUT2D eigenvalue weighted by molar-refractivity contribution is -0.674. The van der Waals surface area contributed by atoms with Crippen LogP contribution in [0.25, 0.3) is 0 Å². The molecule has 12 heavy (non-hydrogen) atoms. The predicted molar refractivity (Wildman–Crippen MR) is 40.8 cm³/mol. The van der Waals surface area contributed by atoms with E-state index in [9.17, 15) is 12.3 Å². The molecule has 0 saturated carbocycles. The zero-order valence-corrected chi connectivity index (χ0v) is 7.20. The molecule has 0 unspecified atom stereocenters. The zero-order chi connectivity index (χ0) is 9.19. The summed E-state index contributed by atoms with van der Waals surface area (Å²) in [5.41, 5.74) is 0. The fourth-order valence-electron chi connectivity index (χ4n) is 0.690. The van der Waals surface area contributed by atoms with Crippen molar-refractivity contribution in [1.29, 1.82) is 0 Å². The second kappa shape index (κ2) is 3.06. The Morgan fingerprint density at radius 2 is 1.75 bits per heavy atom. The molecular formula is C6H8FN2O2S+. The molecule has 0 radical (unpaired) electrons. The van der Waals surface area contributed by atoms with Crippen molar-refractivity contribution >= 4 is 10.4 Å². The number of hydrogen-bond donors (Lipinski definition) is 0. The summed E-state index contributed by atoms with van der Waals surface area (Å²) in [6, 6.07) is 4.90. The predicted octanol–water partition coefficient (Wildman–Crippen LogP) is -0.244. The molecule has 66 valence electrons. The largest absolute Gasteiger partial charge is 0.444 e. The Morgan fingerprint density at radius 1 is 1.25 bits per heavy atom. The smallest absolute Gasteiger partial charge is 0.167 e. The minimum Gasteiger partial charge on any atom is -0.167 e. The summed E-state index contributed by atoms with van der Waals surface area (Å²) in [6.45, 7) is 0. The molecule has 0 amide bonds. The van der Waals surface area contributed by atoms with E-state index in [0.717, 1.165) is 11.7 Å². The second-order valence-corrected chi connectivity index (χ2v) is 3.48. The van der Waals surface area contributed by atoms with E-state index in [2.05, 4.69) is 0 Å². The highest BCUT2D eigenvalue weighted by Gasteiger charge is 2.22. The van der Waals surface area contributed by atoms with Gasteiger partial charge < -0.3 is 0 Å². The van der Waals surface area contributed by atoms with Crippen LogP contribution in [0.3, 0.4) is 0 Å². The third-order valence-corrected chi connectivity index (χ3v) is 2.16. The first kappa shape index (κ1) is 8.92. The van der Waals surface area contributed by atoms with Crippen LogP contribution >= 0.6 is 0 Å². The van der Waals surface area contributed by atoms with Gasteiger partial charge in [-0.25, -0.2) is 0 Å². The molecule has 1 rings (SSSR count). The summed E-state index contributed by atoms with van der Waals surface area (Å²) >= 11 is 0. The van der Waals surface area contributed by atoms with E-state index in [0.29, 0.717) is 4.41 Å². The maximum Gasteiger partial charge on any atom is 0.444 e. The van der Waals surface area contributed by atoms with E-state index in [4.69, 9.17) is 0 Å². The first-order valence-electron chi connectivity index (χ1n) is 3.17. The van der Waals surface area contributed by atoms with Gasteiger partial charge in [-0.2, -0.15) is 8.42 Å². The average molecular weight is 191 g/mol. The van der Waals surface area contributed by atoms with Crippen molar-refractivity contribution in [1.82, 2.24) is 0 Å². The SMILES string of the molecule is CN([n+]1ccccc1)S(=O)(=O)F. The Bertz CT molecular complexity index is 351. The molecule has 1 aromatic rings. The first-order valence-corrected chi connectivity index (χ1v) is 4.51. The normalized spacial score (nSPS) is 11.2. The topological polar surface area (TPSA) is 41.3 Å². The lowest BCUT2D eigenvalue weighted by atomic mass is 10.5. The van der Waals surface area contributed by atoms with Crippen LogP contribution in [0.1, 0.15) is 0 Å². The van der Waals surface area contributed by atoms with E-state index in [-0.39, 0.29) is 0 Å². The maximum absolute atomic E-state index is 12.3. The first-order chi connectivity index (χ1) is 5.52. The lowest BCUT2D eigenvalue weighted by Gasteiger charge is -2.04. The summed E-state index contributed by atoms with van der Waals surface area (Å²) < 4.78 is 34.7. The number of nitrogens with zero attached hydrogens (tertiary/aromatic N) is 2. The summed E-state index contributed by atoms with van der Waals surface area (Å²) in [4.78, 5) is 0. The van der Waals surface area contributed by atoms with Crippen LogP contribution in [0, 0.1) is 0 Å². The Morgan fingerprint density at radius 3 is 2.17 bits per heavy atom. The quantitative estimate of drug-likeness (QED) is 0.478. The van der Waals surface area contributed by atoms with Crippen LogP contribution < -0.4 is 9.09 Å². The minimum absolute atomic E-state index is 0.493. The van der Waals surface area contributed by atoms with E-state index >= 15 is 0 Å². The summed E-state index contributed by atoms with van der Waals surface area (Å²) in [5.74, 6) is 0. The zero-order valence-electron chi connectivity index (χ0n) is 6.38. The number of hydrogen-bond acceptors (Lipinski definition) is 2. The Hall–Kier alpha value is -1.17. The van der Waals surface area contributed by atoms with Gasteiger partial charge in [-0.3, -0.25) is 0 Å². The van der Waals surface area contributed by atoms with Gasteiger partial charge in [0.1, 0.15) is 0 Å². The lowest BCUT2D eigenvalue weighted by Crippen LogP contribution is -2.56. The van der Waals surface area contributed by atoms with Gasteiger partial charge in [-0.05, 0) is 4.41 Å². The molecule has 1 aromatic heterocycles. The van der Waals surface area contributed by atoms with Gasteiger partial charge in [0.25, 0.3) is 0 Å². The highest BCUT2D eigenvalue weighted by atomic mass is 32.3. The molecule has 0 bridgehead atoms. The monoisotopic (exact) mass is 191 g/mol. The van der Waals surface area contributed by atoms with Crippen molar-refractivity contribution in [3.05, 3.63) is 30.6 Å². The van der Waals surface area contributed by atoms with Gasteiger partial charge in [0.05, 0.1) is 7.05 Å². The van der Waals surface area contributed by atoms with Crippen LogP contribution in [0.4, 0.5) is 3.89 Å². The van der Waals surface area contributed by atoms with Crippen LogP contribution in [-0.4, -0.2) is 15.5 Å². The van der Waals surface area contributed by atoms with E-state index in [1.165, 1.54) is 12.4 Å². The molecule has 6 heteroatoms. The van der Waals surface area contributed by atoms with Gasteiger partial charge in [-0.1, -0.05) is 14.6 Å². The summed E-state index contributed by atoms with van der Waals surface area (Å²) in [5, 5.41) is 0. The van der Waals surface area contributed by atoms with Crippen molar-refractivity contribution in [2.75, 3.05) is 11.5 Å². The Balaban J connectivity index is 3.02. The van der Waals surface area contributed by atoms with E-state index in [1.54, 1.807) is 18.2 Å². The summed E-state index contributed by atoms with van der Waals surface area (Å²) in [7, 11) is -3.54. The van der Waals surface area contributed by atoms with Crippen LogP contribution in [0.15, 0.2) is 30.6 Å². The molecule has 0 saturated heterocycles. The van der Waals surface area contributed by atoms with Crippen molar-refractivity contribution in [2.24, 2.45) is 0 Å². The molecule has 1 heterocycles. The van der Waals surface area contributed by atoms with Gasteiger partial charge in [0, 0.05) is 12.1 Å². The molecule has 0 aliphatic heterocycles. The Kier molecular flexibility index (Phi) is 2.27. The van der Waals surface area contributed by atoms with Crippen molar-refractivity contribution in [2.45, 2.75) is 0 Å². The fraction of sp³-hybridized carbons (Fsp3) is 0.167. The molecule has 0 aromatic carbocycles. The standard InChI is InChI=1S/C6H8FN2O2S/c1-8(12(7,10)11)9-5-3-2-4-6-9/h2-6H,1H3/q+1. The van der Waals surface area contributed by atoms with Gasteiger partial charge in [0.2, 0.25) is 12.4 Å². The Labute approximate surface area is 70.2 Å². The van der Waals surface area contributed by atoms with Gasteiger partial charge >= 0.3 is 10.4 Å². The van der Waals surface area contributed by atoms with Crippen LogP contribution in [0.5, 0.6) is 0 Å². The molecule has 0 atom stereocenters. The molecule has 0 spiro atoms. The van der Waals surface area contributed by atoms with Crippen LogP contribution in [-0.2, 0) is 10.4 Å². The summed E-state index contributed by atoms with van der Waals surface area (Å²) in [6.07, 6.45) is 2.86. The van der Waals surface area contributed by atoms with Crippen molar-refractivity contribution < 1.29 is 17.0 Å². The molecule has 0 aliphatic carbocycles. The number of aromatic nitrogens is 1. The van der Waals surface area contributed by atoms with Gasteiger partial charge in [0.15, 0.2) is 0 Å². The molecule has 0 N–H and O–H groups in total. The third-order valence-electron chi connectivity index (χ3n) is 1.34. The van der Waals surface area contributed by atoms with Crippen LogP contribution in [0.2, 0.25) is 0 Å². The van der Waals surface area contributed by atoms with E-state index < -0.39 is 10.4 Å². The van der Waals surface area contributed by atoms with E-state index in [1.807, 2.05) is 0 Å². The molecule has 4 nitrogen and oxygen atoms in total. The number of pyridine rings is 1. The molecular weight excluding hydrogens is 183 g/mol. The third kappa shape index (κ3) is 1.91. The average Bonchev–Trinajstić information content (AvgIpc) is 2.03.